The highest BCUT2D eigenvalue weighted by Crippen LogP contribution is 2.53. The lowest BCUT2D eigenvalue weighted by Crippen LogP contribution is -2.44. The average molecular weight is 416 g/mol. The molecule has 4 heterocycles. The second kappa shape index (κ2) is 6.69. The van der Waals surface area contributed by atoms with Gasteiger partial charge in [0.25, 0.3) is 0 Å². The SMILES string of the molecule is COc1cccc(CN2C[C@]34C=C[C@H](O3)C(C(=O)N3Cc5ccccc5C3)C4C2=O)c1. The van der Waals surface area contributed by atoms with E-state index in [9.17, 15) is 9.59 Å². The fraction of sp³-hybridized carbons (Fsp3) is 0.360. The number of carbonyl (C=O) groups is 2. The van der Waals surface area contributed by atoms with Crippen molar-refractivity contribution in [2.75, 3.05) is 13.7 Å². The van der Waals surface area contributed by atoms with E-state index >= 15 is 0 Å². The summed E-state index contributed by atoms with van der Waals surface area (Å²) in [6, 6.07) is 15.9. The van der Waals surface area contributed by atoms with E-state index in [1.54, 1.807) is 7.11 Å². The van der Waals surface area contributed by atoms with E-state index in [-0.39, 0.29) is 17.9 Å². The zero-order valence-electron chi connectivity index (χ0n) is 17.4. The molecule has 158 valence electrons. The van der Waals surface area contributed by atoms with E-state index < -0.39 is 17.4 Å². The molecule has 4 aliphatic rings. The second-order valence-corrected chi connectivity index (χ2v) is 8.91. The van der Waals surface area contributed by atoms with Gasteiger partial charge in [-0.25, -0.2) is 0 Å². The first-order valence-electron chi connectivity index (χ1n) is 10.7. The number of methoxy groups -OCH3 is 1. The van der Waals surface area contributed by atoms with Crippen LogP contribution in [0.2, 0.25) is 0 Å². The molecule has 0 saturated carbocycles. The summed E-state index contributed by atoms with van der Waals surface area (Å²) < 4.78 is 11.6. The van der Waals surface area contributed by atoms with Gasteiger partial charge in [-0.3, -0.25) is 9.59 Å². The van der Waals surface area contributed by atoms with Gasteiger partial charge in [-0.2, -0.15) is 0 Å². The number of ether oxygens (including phenoxy) is 2. The van der Waals surface area contributed by atoms with Crippen LogP contribution in [0.4, 0.5) is 0 Å². The van der Waals surface area contributed by atoms with Crippen molar-refractivity contribution in [2.24, 2.45) is 11.8 Å². The topological polar surface area (TPSA) is 59.1 Å². The molecule has 2 fully saturated rings. The average Bonchev–Trinajstić information content (AvgIpc) is 3.53. The molecule has 0 N–H and O–H groups in total. The van der Waals surface area contributed by atoms with Gasteiger partial charge in [-0.15, -0.1) is 0 Å². The molecule has 6 nitrogen and oxygen atoms in total. The molecule has 31 heavy (non-hydrogen) atoms. The first-order chi connectivity index (χ1) is 15.1. The van der Waals surface area contributed by atoms with Crippen molar-refractivity contribution in [2.45, 2.75) is 31.3 Å². The van der Waals surface area contributed by atoms with Crippen LogP contribution >= 0.6 is 0 Å². The largest absolute Gasteiger partial charge is 0.497 e. The molecular formula is C25H24N2O4. The first kappa shape index (κ1) is 18.6. The third-order valence-electron chi connectivity index (χ3n) is 7.12. The van der Waals surface area contributed by atoms with Gasteiger partial charge in [0.15, 0.2) is 0 Å². The zero-order valence-corrected chi connectivity index (χ0v) is 17.4. The van der Waals surface area contributed by atoms with E-state index in [1.165, 1.54) is 11.1 Å². The van der Waals surface area contributed by atoms with Gasteiger partial charge in [0.2, 0.25) is 11.8 Å². The summed E-state index contributed by atoms with van der Waals surface area (Å²) in [6.45, 7) is 2.16. The zero-order chi connectivity index (χ0) is 21.2. The van der Waals surface area contributed by atoms with Crippen LogP contribution in [-0.2, 0) is 34.0 Å². The van der Waals surface area contributed by atoms with Gasteiger partial charge in [-0.1, -0.05) is 48.6 Å². The normalized spacial score (nSPS) is 30.1. The van der Waals surface area contributed by atoms with Gasteiger partial charge in [-0.05, 0) is 28.8 Å². The van der Waals surface area contributed by atoms with Crippen molar-refractivity contribution in [3.63, 3.8) is 0 Å². The lowest BCUT2D eigenvalue weighted by atomic mass is 9.76. The highest BCUT2D eigenvalue weighted by atomic mass is 16.5. The number of hydrogen-bond donors (Lipinski definition) is 0. The Bertz CT molecular complexity index is 1090. The lowest BCUT2D eigenvalue weighted by molar-refractivity contribution is -0.143. The summed E-state index contributed by atoms with van der Waals surface area (Å²) in [5.74, 6) is -0.119. The number of carbonyl (C=O) groups excluding carboxylic acids is 2. The van der Waals surface area contributed by atoms with Crippen LogP contribution < -0.4 is 4.74 Å². The van der Waals surface area contributed by atoms with Crippen LogP contribution in [0.25, 0.3) is 0 Å². The highest BCUT2D eigenvalue weighted by Gasteiger charge is 2.67. The van der Waals surface area contributed by atoms with Crippen molar-refractivity contribution in [1.82, 2.24) is 9.80 Å². The fourth-order valence-electron chi connectivity index (χ4n) is 5.69. The molecule has 2 amide bonds. The number of hydrogen-bond acceptors (Lipinski definition) is 4. The minimum atomic E-state index is -0.687. The predicted octanol–water partition coefficient (Wildman–Crippen LogP) is 2.52. The van der Waals surface area contributed by atoms with E-state index in [0.29, 0.717) is 26.2 Å². The van der Waals surface area contributed by atoms with Crippen LogP contribution in [-0.4, -0.2) is 47.0 Å². The van der Waals surface area contributed by atoms with Crippen molar-refractivity contribution >= 4 is 11.8 Å². The predicted molar refractivity (Wildman–Crippen MR) is 113 cm³/mol. The molecular weight excluding hydrogens is 392 g/mol. The fourth-order valence-corrected chi connectivity index (χ4v) is 5.69. The maximum atomic E-state index is 13.6. The molecule has 4 atom stereocenters. The van der Waals surface area contributed by atoms with Crippen molar-refractivity contribution in [3.8, 4) is 5.75 Å². The Labute approximate surface area is 181 Å². The molecule has 2 aromatic rings. The Kier molecular flexibility index (Phi) is 4.02. The molecule has 6 rings (SSSR count). The van der Waals surface area contributed by atoms with Gasteiger partial charge in [0, 0.05) is 19.6 Å². The summed E-state index contributed by atoms with van der Waals surface area (Å²) in [4.78, 5) is 30.8. The molecule has 0 radical (unpaired) electrons. The van der Waals surface area contributed by atoms with E-state index in [1.807, 2.05) is 58.4 Å². The maximum absolute atomic E-state index is 13.6. The molecule has 2 unspecified atom stereocenters. The van der Waals surface area contributed by atoms with Gasteiger partial charge >= 0.3 is 0 Å². The van der Waals surface area contributed by atoms with Crippen molar-refractivity contribution in [3.05, 3.63) is 77.4 Å². The van der Waals surface area contributed by atoms with E-state index in [2.05, 4.69) is 12.1 Å². The molecule has 6 heteroatoms. The van der Waals surface area contributed by atoms with Crippen LogP contribution in [0.15, 0.2) is 60.7 Å². The molecule has 2 aromatic carbocycles. The summed E-state index contributed by atoms with van der Waals surface area (Å²) in [5, 5.41) is 0. The quantitative estimate of drug-likeness (QED) is 0.719. The van der Waals surface area contributed by atoms with Gasteiger partial charge in [0.1, 0.15) is 11.4 Å². The first-order valence-corrected chi connectivity index (χ1v) is 10.7. The van der Waals surface area contributed by atoms with Crippen LogP contribution in [0.5, 0.6) is 5.75 Å². The Morgan fingerprint density at radius 2 is 1.94 bits per heavy atom. The number of rotatable bonds is 4. The Balaban J connectivity index is 1.25. The summed E-state index contributed by atoms with van der Waals surface area (Å²) in [5.41, 5.74) is 2.68. The molecule has 0 aromatic heterocycles. The number of benzene rings is 2. The molecule has 4 aliphatic heterocycles. The van der Waals surface area contributed by atoms with Crippen LogP contribution in [0.1, 0.15) is 16.7 Å². The third-order valence-corrected chi connectivity index (χ3v) is 7.12. The summed E-state index contributed by atoms with van der Waals surface area (Å²) in [6.07, 6.45) is 3.67. The Morgan fingerprint density at radius 1 is 1.16 bits per heavy atom. The van der Waals surface area contributed by atoms with Gasteiger partial charge < -0.3 is 19.3 Å². The molecule has 2 bridgehead atoms. The third kappa shape index (κ3) is 2.74. The molecule has 1 spiro atoms. The number of amides is 2. The molecule has 2 saturated heterocycles. The Morgan fingerprint density at radius 3 is 2.68 bits per heavy atom. The van der Waals surface area contributed by atoms with Crippen LogP contribution in [0.3, 0.4) is 0 Å². The second-order valence-electron chi connectivity index (χ2n) is 8.91. The molecule has 0 aliphatic carbocycles. The number of nitrogens with zero attached hydrogens (tertiary/aromatic N) is 2. The lowest BCUT2D eigenvalue weighted by Gasteiger charge is -2.27. The Hall–Kier alpha value is -3.12. The minimum absolute atomic E-state index is 0.00438. The maximum Gasteiger partial charge on any atom is 0.230 e. The van der Waals surface area contributed by atoms with E-state index in [4.69, 9.17) is 9.47 Å². The number of fused-ring (bicyclic) bond motifs is 2. The van der Waals surface area contributed by atoms with Crippen LogP contribution in [0, 0.1) is 11.8 Å². The highest BCUT2D eigenvalue weighted by molar-refractivity contribution is 5.93. The number of likely N-dealkylation sites (tertiary alicyclic amines) is 1. The van der Waals surface area contributed by atoms with Crippen molar-refractivity contribution in [1.29, 1.82) is 0 Å². The summed E-state index contributed by atoms with van der Waals surface area (Å²) >= 11 is 0. The van der Waals surface area contributed by atoms with Gasteiger partial charge in [0.05, 0.1) is 31.6 Å². The minimum Gasteiger partial charge on any atom is -0.497 e. The standard InChI is InChI=1S/C25H24N2O4/c1-30-19-8-4-5-16(11-19)12-27-15-25-10-9-20(31-25)21(22(25)24(27)29)23(28)26-13-17-6-2-3-7-18(17)14-26/h2-11,20-22H,12-15H2,1H3/t20-,21?,22?,25-/m0/s1. The van der Waals surface area contributed by atoms with E-state index in [0.717, 1.165) is 11.3 Å². The summed E-state index contributed by atoms with van der Waals surface area (Å²) in [7, 11) is 1.63. The monoisotopic (exact) mass is 416 g/mol. The smallest absolute Gasteiger partial charge is 0.230 e. The van der Waals surface area contributed by atoms with Crippen molar-refractivity contribution < 1.29 is 19.1 Å².